The quantitative estimate of drug-likeness (QED) is 0.724. The highest BCUT2D eigenvalue weighted by Crippen LogP contribution is 2.41. The van der Waals surface area contributed by atoms with Gasteiger partial charge in [0.15, 0.2) is 0 Å². The van der Waals surface area contributed by atoms with Crippen molar-refractivity contribution < 1.29 is 5.11 Å². The number of aliphatic hydroxyl groups is 1. The Morgan fingerprint density at radius 3 is 2.38 bits per heavy atom. The first-order chi connectivity index (χ1) is 10.3. The van der Waals surface area contributed by atoms with Gasteiger partial charge in [-0.25, -0.2) is 0 Å². The van der Waals surface area contributed by atoms with Crippen molar-refractivity contribution in [1.82, 2.24) is 0 Å². The van der Waals surface area contributed by atoms with Gasteiger partial charge in [0.1, 0.15) is 0 Å². The summed E-state index contributed by atoms with van der Waals surface area (Å²) in [7, 11) is 0. The maximum absolute atomic E-state index is 10.2. The highest BCUT2D eigenvalue weighted by Gasteiger charge is 2.29. The number of aliphatic hydroxyl groups excluding tert-OH is 1. The van der Waals surface area contributed by atoms with E-state index in [4.69, 9.17) is 0 Å². The Balaban J connectivity index is 1.66. The average molecular weight is 274 g/mol. The average Bonchev–Trinajstić information content (AvgIpc) is 2.84. The van der Waals surface area contributed by atoms with E-state index >= 15 is 0 Å². The van der Waals surface area contributed by atoms with Crippen molar-refractivity contribution in [3.8, 4) is 0 Å². The molecule has 2 atom stereocenters. The predicted octanol–water partition coefficient (Wildman–Crippen LogP) is 4.60. The van der Waals surface area contributed by atoms with Gasteiger partial charge in [-0.1, -0.05) is 66.7 Å². The topological polar surface area (TPSA) is 20.2 Å². The fraction of sp³-hybridized carbons (Fsp3) is 0.200. The Bertz CT molecular complexity index is 790. The molecule has 3 aromatic rings. The molecule has 1 N–H and O–H groups in total. The van der Waals surface area contributed by atoms with Crippen molar-refractivity contribution in [3.05, 3.63) is 83.4 Å². The molecule has 0 fully saturated rings. The van der Waals surface area contributed by atoms with Crippen molar-refractivity contribution in [2.45, 2.75) is 24.9 Å². The van der Waals surface area contributed by atoms with Gasteiger partial charge in [0.05, 0.1) is 6.10 Å². The Hall–Kier alpha value is -2.12. The lowest BCUT2D eigenvalue weighted by Gasteiger charge is -2.12. The SMILES string of the molecule is OC1CC(Cc2ccc3ccccc3c2)c2ccccc21. The zero-order valence-electron chi connectivity index (χ0n) is 11.9. The number of hydrogen-bond acceptors (Lipinski definition) is 1. The normalized spacial score (nSPS) is 20.6. The molecule has 0 bridgehead atoms. The number of hydrogen-bond donors (Lipinski definition) is 1. The summed E-state index contributed by atoms with van der Waals surface area (Å²) in [6, 6.07) is 23.5. The van der Waals surface area contributed by atoms with Crippen LogP contribution in [0.2, 0.25) is 0 Å². The largest absolute Gasteiger partial charge is 0.388 e. The number of rotatable bonds is 2. The molecule has 2 unspecified atom stereocenters. The van der Waals surface area contributed by atoms with Crippen LogP contribution in [0, 0.1) is 0 Å². The van der Waals surface area contributed by atoms with E-state index in [0.29, 0.717) is 5.92 Å². The first kappa shape index (κ1) is 12.6. The second-order valence-electron chi connectivity index (χ2n) is 5.96. The van der Waals surface area contributed by atoms with Crippen molar-refractivity contribution in [2.24, 2.45) is 0 Å². The minimum atomic E-state index is -0.299. The lowest BCUT2D eigenvalue weighted by Crippen LogP contribution is -1.99. The van der Waals surface area contributed by atoms with Gasteiger partial charge in [-0.15, -0.1) is 0 Å². The van der Waals surface area contributed by atoms with Crippen LogP contribution in [0.3, 0.4) is 0 Å². The molecule has 21 heavy (non-hydrogen) atoms. The lowest BCUT2D eigenvalue weighted by atomic mass is 9.92. The Kier molecular flexibility index (Phi) is 3.01. The van der Waals surface area contributed by atoms with E-state index in [0.717, 1.165) is 18.4 Å². The van der Waals surface area contributed by atoms with Crippen LogP contribution in [0.4, 0.5) is 0 Å². The molecule has 3 aromatic carbocycles. The van der Waals surface area contributed by atoms with E-state index in [-0.39, 0.29) is 6.10 Å². The maximum Gasteiger partial charge on any atom is 0.0798 e. The Morgan fingerprint density at radius 1 is 0.810 bits per heavy atom. The minimum Gasteiger partial charge on any atom is -0.388 e. The smallest absolute Gasteiger partial charge is 0.0798 e. The first-order valence-corrected chi connectivity index (χ1v) is 7.56. The summed E-state index contributed by atoms with van der Waals surface area (Å²) in [5.74, 6) is 0.428. The molecular weight excluding hydrogens is 256 g/mol. The van der Waals surface area contributed by atoms with Gasteiger partial charge in [-0.3, -0.25) is 0 Å². The molecule has 0 spiro atoms. The van der Waals surface area contributed by atoms with Crippen LogP contribution in [-0.2, 0) is 6.42 Å². The van der Waals surface area contributed by atoms with Crippen molar-refractivity contribution in [3.63, 3.8) is 0 Å². The van der Waals surface area contributed by atoms with Gasteiger partial charge < -0.3 is 5.11 Å². The first-order valence-electron chi connectivity index (χ1n) is 7.56. The van der Waals surface area contributed by atoms with Gasteiger partial charge in [-0.05, 0) is 46.2 Å². The molecule has 0 aliphatic heterocycles. The van der Waals surface area contributed by atoms with Gasteiger partial charge in [0.25, 0.3) is 0 Å². The van der Waals surface area contributed by atoms with Gasteiger partial charge in [0, 0.05) is 0 Å². The molecule has 0 saturated carbocycles. The molecule has 0 amide bonds. The summed E-state index contributed by atoms with van der Waals surface area (Å²) in [5.41, 5.74) is 3.78. The summed E-state index contributed by atoms with van der Waals surface area (Å²) < 4.78 is 0. The standard InChI is InChI=1S/C20H18O/c21-20-13-17(18-7-3-4-8-19(18)20)12-14-9-10-15-5-1-2-6-16(15)11-14/h1-11,17,20-21H,12-13H2. The third-order valence-corrected chi connectivity index (χ3v) is 4.60. The van der Waals surface area contributed by atoms with E-state index < -0.39 is 0 Å². The molecular formula is C20H18O. The minimum absolute atomic E-state index is 0.299. The van der Waals surface area contributed by atoms with Gasteiger partial charge >= 0.3 is 0 Å². The zero-order chi connectivity index (χ0) is 14.2. The molecule has 0 aromatic heterocycles. The molecule has 1 aliphatic rings. The second kappa shape index (κ2) is 5.01. The molecule has 1 heteroatoms. The number of fused-ring (bicyclic) bond motifs is 2. The molecule has 4 rings (SSSR count). The lowest BCUT2D eigenvalue weighted by molar-refractivity contribution is 0.173. The second-order valence-corrected chi connectivity index (χ2v) is 5.96. The van der Waals surface area contributed by atoms with Crippen LogP contribution in [0.25, 0.3) is 10.8 Å². The summed E-state index contributed by atoms with van der Waals surface area (Å²) in [6.07, 6.45) is 1.54. The van der Waals surface area contributed by atoms with E-state index in [1.165, 1.54) is 21.9 Å². The molecule has 0 radical (unpaired) electrons. The van der Waals surface area contributed by atoms with Crippen LogP contribution >= 0.6 is 0 Å². The number of benzene rings is 3. The molecule has 1 aliphatic carbocycles. The predicted molar refractivity (Wildman–Crippen MR) is 86.4 cm³/mol. The molecule has 1 nitrogen and oxygen atoms in total. The fourth-order valence-corrected chi connectivity index (χ4v) is 3.55. The third-order valence-electron chi connectivity index (χ3n) is 4.60. The van der Waals surface area contributed by atoms with Gasteiger partial charge in [-0.2, -0.15) is 0 Å². The summed E-state index contributed by atoms with van der Waals surface area (Å²) in [5, 5.41) is 12.8. The van der Waals surface area contributed by atoms with Gasteiger partial charge in [0.2, 0.25) is 0 Å². The fourth-order valence-electron chi connectivity index (χ4n) is 3.55. The van der Waals surface area contributed by atoms with E-state index in [9.17, 15) is 5.11 Å². The van der Waals surface area contributed by atoms with Crippen LogP contribution < -0.4 is 0 Å². The van der Waals surface area contributed by atoms with Crippen LogP contribution in [0.15, 0.2) is 66.7 Å². The highest BCUT2D eigenvalue weighted by molar-refractivity contribution is 5.83. The van der Waals surface area contributed by atoms with Crippen LogP contribution in [0.5, 0.6) is 0 Å². The Labute approximate surface area is 124 Å². The van der Waals surface area contributed by atoms with Crippen LogP contribution in [-0.4, -0.2) is 5.11 Å². The summed E-state index contributed by atoms with van der Waals surface area (Å²) >= 11 is 0. The van der Waals surface area contributed by atoms with Crippen molar-refractivity contribution >= 4 is 10.8 Å². The van der Waals surface area contributed by atoms with Crippen LogP contribution in [0.1, 0.15) is 35.1 Å². The summed E-state index contributed by atoms with van der Waals surface area (Å²) in [4.78, 5) is 0. The monoisotopic (exact) mass is 274 g/mol. The van der Waals surface area contributed by atoms with Crippen molar-refractivity contribution in [2.75, 3.05) is 0 Å². The zero-order valence-corrected chi connectivity index (χ0v) is 11.9. The van der Waals surface area contributed by atoms with E-state index in [2.05, 4.69) is 60.7 Å². The van der Waals surface area contributed by atoms with E-state index in [1.807, 2.05) is 6.07 Å². The third kappa shape index (κ3) is 2.24. The maximum atomic E-state index is 10.2. The summed E-state index contributed by atoms with van der Waals surface area (Å²) in [6.45, 7) is 0. The molecule has 104 valence electrons. The highest BCUT2D eigenvalue weighted by atomic mass is 16.3. The molecule has 0 saturated heterocycles. The van der Waals surface area contributed by atoms with Crippen molar-refractivity contribution in [1.29, 1.82) is 0 Å². The Morgan fingerprint density at radius 2 is 1.52 bits per heavy atom. The molecule has 0 heterocycles. The van der Waals surface area contributed by atoms with E-state index in [1.54, 1.807) is 0 Å².